The van der Waals surface area contributed by atoms with Crippen LogP contribution < -0.4 is 76.1 Å². The van der Waals surface area contributed by atoms with Crippen molar-refractivity contribution in [3.63, 3.8) is 0 Å². The van der Waals surface area contributed by atoms with Crippen LogP contribution in [-0.4, -0.2) is 196 Å². The van der Waals surface area contributed by atoms with Crippen molar-refractivity contribution in [2.24, 2.45) is 57.5 Å². The Labute approximate surface area is 523 Å². The number of carbonyl (C=O) groups excluding carboxylic acids is 12. The van der Waals surface area contributed by atoms with Crippen molar-refractivity contribution < 1.29 is 82.7 Å². The fraction of sp³-hybridized carbons (Fsp3) is 0.672. The van der Waals surface area contributed by atoms with E-state index in [9.17, 15) is 73.2 Å². The number of carbonyl (C=O) groups is 12. The zero-order valence-corrected chi connectivity index (χ0v) is 53.1. The maximum Gasteiger partial charge on any atom is 0.331 e. The number of nitrogens with one attached hydrogen (secondary N) is 10. The van der Waals surface area contributed by atoms with Crippen molar-refractivity contribution in [1.29, 1.82) is 0 Å². The summed E-state index contributed by atoms with van der Waals surface area (Å²) in [6, 6.07) is -10.7. The number of primary amides is 1. The molecule has 22 N–H and O–H groups in total. The molecule has 15 atom stereocenters. The molecule has 1 saturated heterocycles. The normalized spacial score (nSPS) is 24.7. The van der Waals surface area contributed by atoms with Crippen LogP contribution in [0.1, 0.15) is 126 Å². The molecule has 32 nitrogen and oxygen atoms in total. The summed E-state index contributed by atoms with van der Waals surface area (Å²) in [6.45, 7) is 15.3. The number of benzene rings is 1. The maximum atomic E-state index is 15.3. The number of ether oxygens (including phenoxy) is 1. The van der Waals surface area contributed by atoms with Crippen molar-refractivity contribution in [2.75, 3.05) is 19.7 Å². The number of aliphatic imine (C=N–C) groups is 1. The van der Waals surface area contributed by atoms with Gasteiger partial charge in [-0.2, -0.15) is 0 Å². The number of nitrogens with two attached hydrogens (primary N) is 4. The van der Waals surface area contributed by atoms with Crippen LogP contribution in [0.3, 0.4) is 0 Å². The Morgan fingerprint density at radius 2 is 1.19 bits per heavy atom. The molecule has 0 aromatic heterocycles. The molecular weight excluding hydrogens is 1180 g/mol. The predicted octanol–water partition coefficient (Wildman–Crippen LogP) is -5.43. The minimum atomic E-state index is -2.57. The number of nitrogens with zero attached hydrogens (tertiary/aromatic N) is 1. The lowest BCUT2D eigenvalue weighted by Crippen LogP contribution is -2.64. The zero-order valence-electron chi connectivity index (χ0n) is 53.1. The second-order valence-corrected chi connectivity index (χ2v) is 24.1. The molecule has 1 aromatic rings. The van der Waals surface area contributed by atoms with Gasteiger partial charge in [0, 0.05) is 6.54 Å². The number of hydrogen-bond acceptors (Lipinski definition) is 19. The Morgan fingerprint density at radius 1 is 0.644 bits per heavy atom. The van der Waals surface area contributed by atoms with E-state index >= 15 is 4.79 Å². The Kier molecular flexibility index (Phi) is 32.8. The van der Waals surface area contributed by atoms with Crippen LogP contribution in [0.15, 0.2) is 35.3 Å². The summed E-state index contributed by atoms with van der Waals surface area (Å²) in [5.74, 6) is -17.2. The fourth-order valence-electron chi connectivity index (χ4n) is 9.25. The number of aliphatic hydroxyl groups excluding tert-OH is 4. The van der Waals surface area contributed by atoms with Crippen LogP contribution in [0, 0.1) is 29.6 Å². The smallest absolute Gasteiger partial charge is 0.331 e. The van der Waals surface area contributed by atoms with Gasteiger partial charge in [0.1, 0.15) is 48.3 Å². The van der Waals surface area contributed by atoms with Gasteiger partial charge in [0.25, 0.3) is 0 Å². The second kappa shape index (κ2) is 37.8. The molecule has 0 bridgehead atoms. The van der Waals surface area contributed by atoms with Gasteiger partial charge in [0.2, 0.25) is 65.0 Å². The number of rotatable bonds is 23. The Balaban J connectivity index is 3.13. The highest BCUT2D eigenvalue weighted by Crippen LogP contribution is 2.25. The van der Waals surface area contributed by atoms with Gasteiger partial charge in [-0.05, 0) is 74.2 Å². The first-order chi connectivity index (χ1) is 42.0. The molecule has 0 radical (unpaired) electrons. The highest BCUT2D eigenvalue weighted by molar-refractivity contribution is 6.00. The topological polar surface area (TPSA) is 532 Å². The second-order valence-electron chi connectivity index (χ2n) is 24.1. The van der Waals surface area contributed by atoms with E-state index in [-0.39, 0.29) is 74.3 Å². The zero-order chi connectivity index (χ0) is 68.4. The van der Waals surface area contributed by atoms with Crippen molar-refractivity contribution in [3.05, 3.63) is 35.9 Å². The standard InChI is InChI=1S/C58H97N15O17/c1-12-30(10)39-53(85)71-40(31(11)75)52(84)64-24-38(76)69-42(45(78)47(60)79)55(87)68-37(25-74)57(89)90-46(32-17-14-13-15-18-32)43(73-51(83)36(23-28(6)7)66-48(80)33(59)21-26(2)3)56(88)72-41(44(77)29(8)9)54(86)67-35(22-27(4)5)50(82)65-34(49(81)70-39)19-16-20-63-58(61)62/h13-15,17-18,26-31,33-37,39-46,74-75,77-78H,12,16,19-25,59H2,1-11H3,(H2,60,79)(H,64,84)(H,65,82)(H,66,80)(H,67,86)(H,68,87)(H,69,76)(H,70,81)(H,71,85)(H,72,88)(H,73,83)(H4,61,62,63)/t30-,31-,33+,34+,35+,36-,37-,39-,40-,41-,42-,43-,44+,45-,46+/m0/s1. The predicted molar refractivity (Wildman–Crippen MR) is 326 cm³/mol. The van der Waals surface area contributed by atoms with Crippen LogP contribution in [0.25, 0.3) is 0 Å². The molecule has 506 valence electrons. The minimum absolute atomic E-state index is 0.0466. The average Bonchev–Trinajstić information content (AvgIpc) is 1.47. The lowest BCUT2D eigenvalue weighted by Gasteiger charge is -2.34. The van der Waals surface area contributed by atoms with Gasteiger partial charge in [-0.15, -0.1) is 0 Å². The quantitative estimate of drug-likeness (QED) is 0.0210. The van der Waals surface area contributed by atoms with Gasteiger partial charge in [-0.3, -0.25) is 57.7 Å². The van der Waals surface area contributed by atoms with E-state index in [1.807, 2.05) is 24.5 Å². The van der Waals surface area contributed by atoms with Gasteiger partial charge in [-0.1, -0.05) is 106 Å². The van der Waals surface area contributed by atoms with Gasteiger partial charge in [0.05, 0.1) is 31.4 Å². The van der Waals surface area contributed by atoms with E-state index in [1.54, 1.807) is 41.5 Å². The van der Waals surface area contributed by atoms with Gasteiger partial charge in [-0.25, -0.2) is 4.79 Å². The Bertz CT molecular complexity index is 2640. The summed E-state index contributed by atoms with van der Waals surface area (Å²) in [4.78, 5) is 174. The molecule has 1 heterocycles. The monoisotopic (exact) mass is 1280 g/mol. The molecule has 0 spiro atoms. The number of aliphatic hydroxyl groups is 4. The molecule has 1 aliphatic heterocycles. The van der Waals surface area contributed by atoms with E-state index in [1.165, 1.54) is 44.2 Å². The summed E-state index contributed by atoms with van der Waals surface area (Å²) in [6.07, 6.45) is -8.04. The number of guanidine groups is 1. The first-order valence-electron chi connectivity index (χ1n) is 30.1. The summed E-state index contributed by atoms with van der Waals surface area (Å²) in [5, 5.41) is 68.0. The van der Waals surface area contributed by atoms with Crippen molar-refractivity contribution in [2.45, 2.75) is 200 Å². The molecule has 2 rings (SSSR count). The maximum absolute atomic E-state index is 15.3. The summed E-state index contributed by atoms with van der Waals surface area (Å²) in [7, 11) is 0. The van der Waals surface area contributed by atoms with E-state index in [0.717, 1.165) is 6.92 Å². The molecule has 0 unspecified atom stereocenters. The summed E-state index contributed by atoms with van der Waals surface area (Å²) < 4.78 is 5.92. The van der Waals surface area contributed by atoms with Crippen molar-refractivity contribution in [3.8, 4) is 0 Å². The number of amides is 11. The van der Waals surface area contributed by atoms with Crippen LogP contribution in [0.2, 0.25) is 0 Å². The average molecular weight is 1280 g/mol. The van der Waals surface area contributed by atoms with E-state index in [2.05, 4.69) is 47.5 Å². The van der Waals surface area contributed by atoms with E-state index in [0.29, 0.717) is 0 Å². The highest BCUT2D eigenvalue weighted by atomic mass is 16.5. The minimum Gasteiger partial charge on any atom is -0.453 e. The molecule has 0 aliphatic carbocycles. The molecule has 11 amide bonds. The van der Waals surface area contributed by atoms with E-state index < -0.39 is 181 Å². The fourth-order valence-corrected chi connectivity index (χ4v) is 9.25. The summed E-state index contributed by atoms with van der Waals surface area (Å²) >= 11 is 0. The van der Waals surface area contributed by atoms with Crippen LogP contribution >= 0.6 is 0 Å². The van der Waals surface area contributed by atoms with Gasteiger partial charge >= 0.3 is 5.97 Å². The molecule has 1 fully saturated rings. The highest BCUT2D eigenvalue weighted by Gasteiger charge is 2.44. The third-order valence-electron chi connectivity index (χ3n) is 14.4. The van der Waals surface area contributed by atoms with E-state index in [4.69, 9.17) is 27.7 Å². The van der Waals surface area contributed by atoms with Crippen LogP contribution in [0.5, 0.6) is 0 Å². The molecule has 0 saturated carbocycles. The first-order valence-corrected chi connectivity index (χ1v) is 30.1. The summed E-state index contributed by atoms with van der Waals surface area (Å²) in [5.41, 5.74) is 22.6. The number of hydrogen-bond donors (Lipinski definition) is 18. The van der Waals surface area contributed by atoms with Crippen LogP contribution in [0.4, 0.5) is 0 Å². The lowest BCUT2D eigenvalue weighted by atomic mass is 9.95. The number of cyclic esters (lactones) is 1. The molecule has 90 heavy (non-hydrogen) atoms. The number of esters is 1. The lowest BCUT2D eigenvalue weighted by molar-refractivity contribution is -0.159. The Hall–Kier alpha value is -8.07. The van der Waals surface area contributed by atoms with Crippen LogP contribution in [-0.2, 0) is 62.3 Å². The van der Waals surface area contributed by atoms with Gasteiger partial charge in [0.15, 0.2) is 24.2 Å². The molecule has 1 aliphatic rings. The SMILES string of the molecule is CC[C@H](C)[C@@H]1NC(=O)[C@@H](CCCN=C(N)N)NC(=O)[C@@H](CC(C)C)NC(=O)[C@H]([C@H](O)C(C)C)NC(=O)[C@@H](NC(=O)[C@H](CC(C)C)NC(=O)[C@H](N)CC(C)C)[C@@H](c2ccccc2)OC(=O)[C@H](CO)NC(=O)[C@H]([C@H](O)C(N)=O)NC(=O)CNC(=O)[C@H]([C@H](C)O)NC1=O. The largest absolute Gasteiger partial charge is 0.453 e. The molecule has 32 heteroatoms. The third kappa shape index (κ3) is 25.4. The van der Waals surface area contributed by atoms with Gasteiger partial charge < -0.3 is 101 Å². The van der Waals surface area contributed by atoms with Crippen molar-refractivity contribution in [1.82, 2.24) is 53.2 Å². The Morgan fingerprint density at radius 3 is 1.72 bits per heavy atom. The molecule has 1 aromatic carbocycles. The van der Waals surface area contributed by atoms with Crippen molar-refractivity contribution >= 4 is 76.9 Å². The molecular formula is C58H97N15O17. The third-order valence-corrected chi connectivity index (χ3v) is 14.4. The first kappa shape index (κ1) is 78.0.